The molecule has 0 fully saturated rings. The molecule has 0 radical (unpaired) electrons. The van der Waals surface area contributed by atoms with Gasteiger partial charge in [0, 0.05) is 11.1 Å². The number of rotatable bonds is 1. The van der Waals surface area contributed by atoms with E-state index < -0.39 is 0 Å². The maximum atomic E-state index is 12.1. The SMILES string of the molecule is Cc1sc2c(c1C)C(=O)NC(c1ccc[nH]1)N2. The third kappa shape index (κ3) is 1.54. The number of amides is 1. The molecule has 1 aliphatic rings. The molecule has 0 saturated carbocycles. The van der Waals surface area contributed by atoms with Crippen molar-refractivity contribution in [3.63, 3.8) is 0 Å². The average Bonchev–Trinajstić information content (AvgIpc) is 2.88. The number of carbonyl (C=O) groups is 1. The Morgan fingerprint density at radius 3 is 2.82 bits per heavy atom. The Morgan fingerprint density at radius 2 is 2.12 bits per heavy atom. The van der Waals surface area contributed by atoms with Crippen molar-refractivity contribution in [2.24, 2.45) is 0 Å². The van der Waals surface area contributed by atoms with E-state index in [0.717, 1.165) is 21.8 Å². The number of aromatic amines is 1. The first-order chi connectivity index (χ1) is 8.16. The number of hydrogen-bond donors (Lipinski definition) is 3. The second kappa shape index (κ2) is 3.63. The molecule has 0 aromatic carbocycles. The number of hydrogen-bond acceptors (Lipinski definition) is 3. The predicted octanol–water partition coefficient (Wildman–Crippen LogP) is 2.55. The highest BCUT2D eigenvalue weighted by atomic mass is 32.1. The number of fused-ring (bicyclic) bond motifs is 1. The Hall–Kier alpha value is -1.75. The molecule has 5 heteroatoms. The molecule has 3 N–H and O–H groups in total. The molecule has 0 spiro atoms. The number of carbonyl (C=O) groups excluding carboxylic acids is 1. The van der Waals surface area contributed by atoms with Gasteiger partial charge < -0.3 is 15.6 Å². The van der Waals surface area contributed by atoms with Gasteiger partial charge in [-0.1, -0.05) is 0 Å². The maximum absolute atomic E-state index is 12.1. The lowest BCUT2D eigenvalue weighted by Crippen LogP contribution is -2.38. The molecule has 88 valence electrons. The molecule has 3 rings (SSSR count). The van der Waals surface area contributed by atoms with Crippen molar-refractivity contribution < 1.29 is 4.79 Å². The van der Waals surface area contributed by atoms with Gasteiger partial charge in [0.15, 0.2) is 0 Å². The van der Waals surface area contributed by atoms with Crippen LogP contribution in [0.15, 0.2) is 18.3 Å². The van der Waals surface area contributed by atoms with Crippen LogP contribution >= 0.6 is 11.3 Å². The van der Waals surface area contributed by atoms with E-state index in [1.165, 1.54) is 4.88 Å². The molecule has 1 unspecified atom stereocenters. The number of aryl methyl sites for hydroxylation is 1. The second-order valence-electron chi connectivity index (χ2n) is 4.16. The van der Waals surface area contributed by atoms with Crippen molar-refractivity contribution in [2.45, 2.75) is 20.0 Å². The van der Waals surface area contributed by atoms with Crippen molar-refractivity contribution in [1.29, 1.82) is 0 Å². The van der Waals surface area contributed by atoms with E-state index in [1.807, 2.05) is 32.2 Å². The number of anilines is 1. The molecule has 1 atom stereocenters. The minimum atomic E-state index is -0.164. The topological polar surface area (TPSA) is 56.9 Å². The number of aromatic nitrogens is 1. The zero-order valence-corrected chi connectivity index (χ0v) is 10.4. The molecule has 0 aliphatic carbocycles. The Labute approximate surface area is 103 Å². The van der Waals surface area contributed by atoms with Gasteiger partial charge in [0.25, 0.3) is 5.91 Å². The first-order valence-electron chi connectivity index (χ1n) is 5.47. The van der Waals surface area contributed by atoms with Crippen molar-refractivity contribution in [3.8, 4) is 0 Å². The summed E-state index contributed by atoms with van der Waals surface area (Å²) in [6.45, 7) is 4.03. The van der Waals surface area contributed by atoms with E-state index in [4.69, 9.17) is 0 Å². The average molecular weight is 247 g/mol. The van der Waals surface area contributed by atoms with Crippen LogP contribution < -0.4 is 10.6 Å². The normalized spacial score (nSPS) is 18.5. The molecule has 2 aromatic rings. The van der Waals surface area contributed by atoms with Gasteiger partial charge in [0.05, 0.1) is 11.3 Å². The van der Waals surface area contributed by atoms with Crippen molar-refractivity contribution in [1.82, 2.24) is 10.3 Å². The molecule has 2 aromatic heterocycles. The fourth-order valence-corrected chi connectivity index (χ4v) is 3.14. The second-order valence-corrected chi connectivity index (χ2v) is 5.39. The minimum Gasteiger partial charge on any atom is -0.362 e. The van der Waals surface area contributed by atoms with Gasteiger partial charge in [-0.3, -0.25) is 4.79 Å². The first kappa shape index (κ1) is 10.4. The Morgan fingerprint density at radius 1 is 1.29 bits per heavy atom. The summed E-state index contributed by atoms with van der Waals surface area (Å²) in [4.78, 5) is 16.4. The minimum absolute atomic E-state index is 0.000185. The lowest BCUT2D eigenvalue weighted by Gasteiger charge is -2.25. The smallest absolute Gasteiger partial charge is 0.256 e. The summed E-state index contributed by atoms with van der Waals surface area (Å²) in [7, 11) is 0. The summed E-state index contributed by atoms with van der Waals surface area (Å²) >= 11 is 1.64. The van der Waals surface area contributed by atoms with Gasteiger partial charge in [-0.15, -0.1) is 11.3 Å². The van der Waals surface area contributed by atoms with Crippen LogP contribution in [-0.4, -0.2) is 10.9 Å². The molecule has 3 heterocycles. The Bertz CT molecular complexity index is 571. The highest BCUT2D eigenvalue weighted by molar-refractivity contribution is 7.16. The van der Waals surface area contributed by atoms with Gasteiger partial charge >= 0.3 is 0 Å². The summed E-state index contributed by atoms with van der Waals surface area (Å²) in [6.07, 6.45) is 1.69. The van der Waals surface area contributed by atoms with E-state index in [-0.39, 0.29) is 12.1 Å². The van der Waals surface area contributed by atoms with E-state index in [0.29, 0.717) is 0 Å². The van der Waals surface area contributed by atoms with Gasteiger partial charge in [-0.05, 0) is 31.5 Å². The summed E-state index contributed by atoms with van der Waals surface area (Å²) in [5.74, 6) is 0.000185. The maximum Gasteiger partial charge on any atom is 0.256 e. The largest absolute Gasteiger partial charge is 0.362 e. The van der Waals surface area contributed by atoms with Gasteiger partial charge in [-0.2, -0.15) is 0 Å². The molecular formula is C12H13N3OS. The van der Waals surface area contributed by atoms with Crippen LogP contribution in [0.1, 0.15) is 32.7 Å². The van der Waals surface area contributed by atoms with Crippen LogP contribution in [0.2, 0.25) is 0 Å². The van der Waals surface area contributed by atoms with Crippen molar-refractivity contribution in [3.05, 3.63) is 40.0 Å². The molecule has 1 aliphatic heterocycles. The van der Waals surface area contributed by atoms with Crippen LogP contribution in [-0.2, 0) is 0 Å². The van der Waals surface area contributed by atoms with Gasteiger partial charge in [0.1, 0.15) is 11.2 Å². The fourth-order valence-electron chi connectivity index (χ4n) is 2.05. The molecule has 0 saturated heterocycles. The van der Waals surface area contributed by atoms with Crippen LogP contribution in [0.4, 0.5) is 5.00 Å². The highest BCUT2D eigenvalue weighted by Gasteiger charge is 2.29. The molecule has 4 nitrogen and oxygen atoms in total. The van der Waals surface area contributed by atoms with E-state index in [2.05, 4.69) is 15.6 Å². The number of thiophene rings is 1. The number of nitrogens with one attached hydrogen (secondary N) is 3. The fraction of sp³-hybridized carbons (Fsp3) is 0.250. The van der Waals surface area contributed by atoms with Crippen LogP contribution in [0.5, 0.6) is 0 Å². The van der Waals surface area contributed by atoms with Gasteiger partial charge in [0.2, 0.25) is 0 Å². The summed E-state index contributed by atoms with van der Waals surface area (Å²) in [5, 5.41) is 7.26. The molecule has 1 amide bonds. The van der Waals surface area contributed by atoms with E-state index in [1.54, 1.807) is 11.3 Å². The summed E-state index contributed by atoms with van der Waals surface area (Å²) < 4.78 is 0. The lowest BCUT2D eigenvalue weighted by molar-refractivity contribution is 0.0935. The first-order valence-corrected chi connectivity index (χ1v) is 6.29. The molecular weight excluding hydrogens is 234 g/mol. The van der Waals surface area contributed by atoms with Crippen molar-refractivity contribution >= 4 is 22.2 Å². The zero-order valence-electron chi connectivity index (χ0n) is 9.63. The monoisotopic (exact) mass is 247 g/mol. The quantitative estimate of drug-likeness (QED) is 0.725. The number of H-pyrrole nitrogens is 1. The standard InChI is InChI=1S/C12H13N3OS/c1-6-7(2)17-12-9(6)11(16)14-10(15-12)8-4-3-5-13-8/h3-5,10,13,15H,1-2H3,(H,14,16). The Balaban J connectivity index is 2.01. The van der Waals surface area contributed by atoms with E-state index in [9.17, 15) is 4.79 Å². The third-order valence-corrected chi connectivity index (χ3v) is 4.23. The van der Waals surface area contributed by atoms with Crippen LogP contribution in [0.25, 0.3) is 0 Å². The Kier molecular flexibility index (Phi) is 2.22. The van der Waals surface area contributed by atoms with Crippen LogP contribution in [0.3, 0.4) is 0 Å². The molecule has 17 heavy (non-hydrogen) atoms. The summed E-state index contributed by atoms with van der Waals surface area (Å²) in [6, 6.07) is 3.87. The van der Waals surface area contributed by atoms with E-state index >= 15 is 0 Å². The predicted molar refractivity (Wildman–Crippen MR) is 68.4 cm³/mol. The lowest BCUT2D eigenvalue weighted by atomic mass is 10.1. The van der Waals surface area contributed by atoms with Gasteiger partial charge in [-0.25, -0.2) is 0 Å². The van der Waals surface area contributed by atoms with Crippen LogP contribution in [0, 0.1) is 13.8 Å². The third-order valence-electron chi connectivity index (χ3n) is 3.10. The zero-order chi connectivity index (χ0) is 12.0. The molecule has 0 bridgehead atoms. The highest BCUT2D eigenvalue weighted by Crippen LogP contribution is 2.36. The van der Waals surface area contributed by atoms with Crippen molar-refractivity contribution in [2.75, 3.05) is 5.32 Å². The summed E-state index contributed by atoms with van der Waals surface area (Å²) in [5.41, 5.74) is 2.82.